The molecule has 0 aromatic heterocycles. The Bertz CT molecular complexity index is 1080. The third-order valence-corrected chi connectivity index (χ3v) is 5.22. The lowest BCUT2D eigenvalue weighted by molar-refractivity contribution is -0.146. The Morgan fingerprint density at radius 3 is 2.54 bits per heavy atom. The predicted molar refractivity (Wildman–Crippen MR) is 106 cm³/mol. The number of nitrogens with one attached hydrogen (secondary N) is 1. The first-order valence-corrected chi connectivity index (χ1v) is 9.28. The van der Waals surface area contributed by atoms with Gasteiger partial charge in [-0.25, -0.2) is 4.39 Å². The molecular formula is C22H17ClFNO3. The molecule has 2 atom stereocenters. The molecule has 0 saturated carbocycles. The van der Waals surface area contributed by atoms with Gasteiger partial charge < -0.3 is 9.47 Å². The summed E-state index contributed by atoms with van der Waals surface area (Å²) in [6, 6.07) is 15.1. The van der Waals surface area contributed by atoms with Crippen molar-refractivity contribution in [3.05, 3.63) is 76.6 Å². The Balaban J connectivity index is 1.98. The van der Waals surface area contributed by atoms with Crippen LogP contribution in [0, 0.1) is 17.1 Å². The number of carbonyl (C=O) groups excluding carboxylic acids is 1. The highest BCUT2D eigenvalue weighted by molar-refractivity contribution is 6.36. The van der Waals surface area contributed by atoms with Crippen molar-refractivity contribution in [3.63, 3.8) is 0 Å². The number of ether oxygens (including phenoxy) is 2. The zero-order chi connectivity index (χ0) is 19.8. The van der Waals surface area contributed by atoms with E-state index < -0.39 is 17.8 Å². The van der Waals surface area contributed by atoms with Gasteiger partial charge in [0.2, 0.25) is 5.90 Å². The summed E-state index contributed by atoms with van der Waals surface area (Å²) in [4.78, 5) is 12.7. The molecule has 3 aromatic rings. The molecule has 142 valence electrons. The van der Waals surface area contributed by atoms with Gasteiger partial charge >= 0.3 is 5.97 Å². The van der Waals surface area contributed by atoms with Crippen LogP contribution in [0.15, 0.2) is 54.6 Å². The Labute approximate surface area is 166 Å². The number of benzene rings is 3. The van der Waals surface area contributed by atoms with E-state index >= 15 is 0 Å². The fourth-order valence-electron chi connectivity index (χ4n) is 3.69. The summed E-state index contributed by atoms with van der Waals surface area (Å²) in [6.45, 7) is 1.89. The molecule has 6 heteroatoms. The smallest absolute Gasteiger partial charge is 0.319 e. The maximum absolute atomic E-state index is 13.5. The first-order valence-electron chi connectivity index (χ1n) is 8.90. The standard InChI is InChI=1S/C22H17ClFNO3/c1-2-27-22(26)19-18(12-7-9-13(24)10-8-12)16-11-17(23)14-5-3-4-6-15(14)20(16)28-21(19)25/h3-11,18-19,25H,2H2,1H3. The van der Waals surface area contributed by atoms with E-state index in [4.69, 9.17) is 26.5 Å². The molecule has 0 radical (unpaired) electrons. The van der Waals surface area contributed by atoms with Gasteiger partial charge in [-0.1, -0.05) is 48.0 Å². The Morgan fingerprint density at radius 2 is 1.86 bits per heavy atom. The highest BCUT2D eigenvalue weighted by Gasteiger charge is 2.43. The van der Waals surface area contributed by atoms with E-state index in [0.717, 1.165) is 10.8 Å². The number of halogens is 2. The molecule has 0 fully saturated rings. The molecule has 4 nitrogen and oxygen atoms in total. The molecule has 1 heterocycles. The van der Waals surface area contributed by atoms with Gasteiger partial charge in [-0.15, -0.1) is 0 Å². The van der Waals surface area contributed by atoms with Gasteiger partial charge in [0.15, 0.2) is 0 Å². The van der Waals surface area contributed by atoms with Gasteiger partial charge in [-0.05, 0) is 30.7 Å². The van der Waals surface area contributed by atoms with Gasteiger partial charge in [0.05, 0.1) is 6.61 Å². The third-order valence-electron chi connectivity index (χ3n) is 4.91. The van der Waals surface area contributed by atoms with Crippen LogP contribution in [0.25, 0.3) is 10.8 Å². The van der Waals surface area contributed by atoms with Crippen LogP contribution >= 0.6 is 11.6 Å². The van der Waals surface area contributed by atoms with Gasteiger partial charge in [0.1, 0.15) is 17.5 Å². The lowest BCUT2D eigenvalue weighted by Gasteiger charge is -2.33. The molecule has 28 heavy (non-hydrogen) atoms. The Kier molecular flexibility index (Phi) is 4.77. The molecule has 3 aromatic carbocycles. The van der Waals surface area contributed by atoms with E-state index in [0.29, 0.717) is 21.9 Å². The van der Waals surface area contributed by atoms with Crippen LogP contribution in [0.1, 0.15) is 24.0 Å². The Hall–Kier alpha value is -2.92. The minimum absolute atomic E-state index is 0.185. The van der Waals surface area contributed by atoms with Gasteiger partial charge in [-0.2, -0.15) is 0 Å². The second kappa shape index (κ2) is 7.24. The molecule has 1 aliphatic rings. The minimum atomic E-state index is -0.977. The van der Waals surface area contributed by atoms with Crippen LogP contribution in [0.4, 0.5) is 4.39 Å². The number of esters is 1. The average molecular weight is 398 g/mol. The van der Waals surface area contributed by atoms with Gasteiger partial charge in [-0.3, -0.25) is 10.2 Å². The first kappa shape index (κ1) is 18.4. The summed E-state index contributed by atoms with van der Waals surface area (Å²) in [5.74, 6) is -2.20. The minimum Gasteiger partial charge on any atom is -0.465 e. The van der Waals surface area contributed by atoms with Crippen LogP contribution in [-0.2, 0) is 9.53 Å². The zero-order valence-corrected chi connectivity index (χ0v) is 15.8. The summed E-state index contributed by atoms with van der Waals surface area (Å²) in [6.07, 6.45) is 0. The van der Waals surface area contributed by atoms with Crippen LogP contribution in [0.5, 0.6) is 5.75 Å². The summed E-state index contributed by atoms with van der Waals surface area (Å²) < 4.78 is 24.5. The van der Waals surface area contributed by atoms with E-state index in [9.17, 15) is 9.18 Å². The molecular weight excluding hydrogens is 381 g/mol. The van der Waals surface area contributed by atoms with Crippen molar-refractivity contribution in [1.82, 2.24) is 0 Å². The van der Waals surface area contributed by atoms with Crippen LogP contribution in [0.3, 0.4) is 0 Å². The second-order valence-corrected chi connectivity index (χ2v) is 6.95. The van der Waals surface area contributed by atoms with E-state index in [2.05, 4.69) is 0 Å². The van der Waals surface area contributed by atoms with Crippen molar-refractivity contribution >= 4 is 34.2 Å². The van der Waals surface area contributed by atoms with Crippen molar-refractivity contribution in [2.24, 2.45) is 5.92 Å². The van der Waals surface area contributed by atoms with E-state index in [-0.39, 0.29) is 18.3 Å². The van der Waals surface area contributed by atoms with Crippen molar-refractivity contribution in [3.8, 4) is 5.75 Å². The lowest BCUT2D eigenvalue weighted by atomic mass is 9.77. The number of rotatable bonds is 3. The summed E-state index contributed by atoms with van der Waals surface area (Å²) in [7, 11) is 0. The summed E-state index contributed by atoms with van der Waals surface area (Å²) >= 11 is 6.51. The fourth-order valence-corrected chi connectivity index (χ4v) is 3.97. The molecule has 4 rings (SSSR count). The van der Waals surface area contributed by atoms with Gasteiger partial charge in [0, 0.05) is 27.3 Å². The van der Waals surface area contributed by atoms with E-state index in [1.165, 1.54) is 12.1 Å². The molecule has 0 bridgehead atoms. The summed E-state index contributed by atoms with van der Waals surface area (Å²) in [5, 5.41) is 10.5. The van der Waals surface area contributed by atoms with Crippen molar-refractivity contribution in [2.45, 2.75) is 12.8 Å². The van der Waals surface area contributed by atoms with E-state index in [1.807, 2.05) is 24.3 Å². The van der Waals surface area contributed by atoms with Crippen LogP contribution in [-0.4, -0.2) is 18.5 Å². The molecule has 1 aliphatic heterocycles. The second-order valence-electron chi connectivity index (χ2n) is 6.55. The van der Waals surface area contributed by atoms with Crippen molar-refractivity contribution in [2.75, 3.05) is 6.61 Å². The largest absolute Gasteiger partial charge is 0.465 e. The van der Waals surface area contributed by atoms with Crippen molar-refractivity contribution < 1.29 is 18.7 Å². The fraction of sp³-hybridized carbons (Fsp3) is 0.182. The lowest BCUT2D eigenvalue weighted by Crippen LogP contribution is -2.38. The number of fused-ring (bicyclic) bond motifs is 3. The molecule has 0 aliphatic carbocycles. The maximum atomic E-state index is 13.5. The first-order chi connectivity index (χ1) is 13.5. The average Bonchev–Trinajstić information content (AvgIpc) is 2.69. The normalized spacial score (nSPS) is 18.5. The third kappa shape index (κ3) is 3.02. The van der Waals surface area contributed by atoms with E-state index in [1.54, 1.807) is 25.1 Å². The summed E-state index contributed by atoms with van der Waals surface area (Å²) in [5.41, 5.74) is 1.35. The SMILES string of the molecule is CCOC(=O)C1C(=N)Oc2c(cc(Cl)c3ccccc23)C1c1ccc(F)cc1. The van der Waals surface area contributed by atoms with Crippen molar-refractivity contribution in [1.29, 1.82) is 5.41 Å². The molecule has 0 saturated heterocycles. The number of hydrogen-bond acceptors (Lipinski definition) is 4. The molecule has 0 amide bonds. The maximum Gasteiger partial charge on any atom is 0.319 e. The number of carbonyl (C=O) groups is 1. The van der Waals surface area contributed by atoms with Gasteiger partial charge in [0.25, 0.3) is 0 Å². The van der Waals surface area contributed by atoms with Crippen LogP contribution < -0.4 is 4.74 Å². The van der Waals surface area contributed by atoms with Crippen LogP contribution in [0.2, 0.25) is 5.02 Å². The highest BCUT2D eigenvalue weighted by atomic mass is 35.5. The molecule has 0 spiro atoms. The Morgan fingerprint density at radius 1 is 1.18 bits per heavy atom. The quantitative estimate of drug-likeness (QED) is 0.609. The zero-order valence-electron chi connectivity index (χ0n) is 15.0. The molecule has 2 unspecified atom stereocenters. The highest BCUT2D eigenvalue weighted by Crippen LogP contribution is 2.47. The number of hydrogen-bond donors (Lipinski definition) is 1. The monoisotopic (exact) mass is 397 g/mol. The topological polar surface area (TPSA) is 59.4 Å². The predicted octanol–water partition coefficient (Wildman–Crippen LogP) is 5.31. The molecule has 1 N–H and O–H groups in total.